The molecule has 1 heterocycles. The van der Waals surface area contributed by atoms with Gasteiger partial charge >= 0.3 is 5.97 Å². The van der Waals surface area contributed by atoms with E-state index in [2.05, 4.69) is 4.74 Å². The molecular weight excluding hydrogens is 294 g/mol. The van der Waals surface area contributed by atoms with Gasteiger partial charge in [0.25, 0.3) is 5.56 Å². The summed E-state index contributed by atoms with van der Waals surface area (Å²) in [5, 5.41) is 10.5. The number of pyridine rings is 1. The smallest absolute Gasteiger partial charge is 0.337 e. The molecule has 0 fully saturated rings. The minimum absolute atomic E-state index is 0.0251. The number of methoxy groups -OCH3 is 1. The summed E-state index contributed by atoms with van der Waals surface area (Å²) >= 11 is 0. The van der Waals surface area contributed by atoms with Crippen LogP contribution in [0.4, 0.5) is 0 Å². The lowest BCUT2D eigenvalue weighted by Crippen LogP contribution is -2.20. The zero-order chi connectivity index (χ0) is 16.4. The van der Waals surface area contributed by atoms with Crippen LogP contribution in [0.1, 0.15) is 15.9 Å². The summed E-state index contributed by atoms with van der Waals surface area (Å²) < 4.78 is 6.25. The third-order valence-corrected chi connectivity index (χ3v) is 3.71. The van der Waals surface area contributed by atoms with Crippen molar-refractivity contribution in [2.24, 2.45) is 0 Å². The van der Waals surface area contributed by atoms with Crippen molar-refractivity contribution in [3.8, 4) is 5.75 Å². The van der Waals surface area contributed by atoms with Gasteiger partial charge in [0.2, 0.25) is 0 Å². The third-order valence-electron chi connectivity index (χ3n) is 3.71. The van der Waals surface area contributed by atoms with Crippen molar-refractivity contribution in [1.82, 2.24) is 4.57 Å². The second-order valence-corrected chi connectivity index (χ2v) is 5.16. The van der Waals surface area contributed by atoms with E-state index in [-0.39, 0.29) is 11.3 Å². The number of esters is 1. The molecule has 0 aliphatic carbocycles. The van der Waals surface area contributed by atoms with Crippen LogP contribution in [-0.2, 0) is 11.3 Å². The molecule has 0 radical (unpaired) electrons. The Morgan fingerprint density at radius 1 is 1.13 bits per heavy atom. The van der Waals surface area contributed by atoms with E-state index in [1.54, 1.807) is 41.0 Å². The number of carbonyl (C=O) groups excluding carboxylic acids is 1. The molecule has 3 rings (SSSR count). The molecule has 0 bridgehead atoms. The fourth-order valence-electron chi connectivity index (χ4n) is 2.53. The zero-order valence-corrected chi connectivity index (χ0v) is 12.5. The highest BCUT2D eigenvalue weighted by molar-refractivity contribution is 5.89. The molecule has 3 aromatic rings. The Morgan fingerprint density at radius 3 is 2.52 bits per heavy atom. The molecule has 0 spiro atoms. The van der Waals surface area contributed by atoms with Gasteiger partial charge in [-0.25, -0.2) is 4.79 Å². The minimum Gasteiger partial charge on any atom is -0.507 e. The molecule has 0 aliphatic heterocycles. The van der Waals surface area contributed by atoms with Gasteiger partial charge in [0.1, 0.15) is 5.75 Å². The predicted octanol–water partition coefficient (Wildman–Crippen LogP) is 2.54. The monoisotopic (exact) mass is 309 g/mol. The molecule has 2 aromatic carbocycles. The minimum atomic E-state index is -0.399. The largest absolute Gasteiger partial charge is 0.507 e. The van der Waals surface area contributed by atoms with Gasteiger partial charge in [-0.3, -0.25) is 4.79 Å². The van der Waals surface area contributed by atoms with Gasteiger partial charge in [0.05, 0.1) is 24.7 Å². The summed E-state index contributed by atoms with van der Waals surface area (Å²) in [7, 11) is 1.33. The predicted molar refractivity (Wildman–Crippen MR) is 86.8 cm³/mol. The Morgan fingerprint density at radius 2 is 1.83 bits per heavy atom. The standard InChI is InChI=1S/C18H15NO4/c1-23-18(22)13-8-6-12(7-9-13)11-19-15-5-3-2-4-14(15)16(20)10-17(19)21/h2-10,20H,11H2,1H3. The van der Waals surface area contributed by atoms with Crippen molar-refractivity contribution in [1.29, 1.82) is 0 Å². The second-order valence-electron chi connectivity index (χ2n) is 5.16. The van der Waals surface area contributed by atoms with Crippen LogP contribution in [0, 0.1) is 0 Å². The van der Waals surface area contributed by atoms with E-state index in [9.17, 15) is 14.7 Å². The van der Waals surface area contributed by atoms with E-state index in [1.807, 2.05) is 12.1 Å². The van der Waals surface area contributed by atoms with Gasteiger partial charge < -0.3 is 14.4 Å². The number of nitrogens with zero attached hydrogens (tertiary/aromatic N) is 1. The maximum absolute atomic E-state index is 12.2. The Labute approximate surface area is 132 Å². The summed E-state index contributed by atoms with van der Waals surface area (Å²) in [6.07, 6.45) is 0. The number of hydrogen-bond acceptors (Lipinski definition) is 4. The van der Waals surface area contributed by atoms with Gasteiger partial charge in [-0.05, 0) is 29.8 Å². The van der Waals surface area contributed by atoms with Crippen LogP contribution >= 0.6 is 0 Å². The summed E-state index contributed by atoms with van der Waals surface area (Å²) in [5.74, 6) is -0.424. The average molecular weight is 309 g/mol. The topological polar surface area (TPSA) is 68.5 Å². The first kappa shape index (κ1) is 14.8. The molecule has 116 valence electrons. The summed E-state index contributed by atoms with van der Waals surface area (Å²) in [6.45, 7) is 0.348. The van der Waals surface area contributed by atoms with Gasteiger partial charge in [0, 0.05) is 11.5 Å². The van der Waals surface area contributed by atoms with Gasteiger partial charge in [0.15, 0.2) is 0 Å². The van der Waals surface area contributed by atoms with Gasteiger partial charge in [-0.1, -0.05) is 24.3 Å². The Bertz CT molecular complexity index is 926. The highest BCUT2D eigenvalue weighted by Gasteiger charge is 2.09. The highest BCUT2D eigenvalue weighted by Crippen LogP contribution is 2.22. The summed E-state index contributed by atoms with van der Waals surface area (Å²) in [4.78, 5) is 23.7. The fourth-order valence-corrected chi connectivity index (χ4v) is 2.53. The normalized spacial score (nSPS) is 10.7. The lowest BCUT2D eigenvalue weighted by Gasteiger charge is -2.11. The van der Waals surface area contributed by atoms with E-state index in [1.165, 1.54) is 13.2 Å². The number of rotatable bonds is 3. The van der Waals surface area contributed by atoms with Crippen LogP contribution in [0.5, 0.6) is 5.75 Å². The Balaban J connectivity index is 2.02. The third kappa shape index (κ3) is 2.81. The second kappa shape index (κ2) is 5.96. The van der Waals surface area contributed by atoms with Crippen molar-refractivity contribution in [3.63, 3.8) is 0 Å². The van der Waals surface area contributed by atoms with Crippen LogP contribution in [0.2, 0.25) is 0 Å². The lowest BCUT2D eigenvalue weighted by molar-refractivity contribution is 0.0600. The number of ether oxygens (including phenoxy) is 1. The first-order valence-electron chi connectivity index (χ1n) is 7.09. The van der Waals surface area contributed by atoms with Crippen molar-refractivity contribution >= 4 is 16.9 Å². The maximum atomic E-state index is 12.2. The highest BCUT2D eigenvalue weighted by atomic mass is 16.5. The van der Waals surface area contributed by atoms with E-state index < -0.39 is 5.97 Å². The number of aromatic hydroxyl groups is 1. The first-order valence-corrected chi connectivity index (χ1v) is 7.09. The number of aromatic nitrogens is 1. The maximum Gasteiger partial charge on any atom is 0.337 e. The van der Waals surface area contributed by atoms with Gasteiger partial charge in [-0.15, -0.1) is 0 Å². The van der Waals surface area contributed by atoms with E-state index in [0.29, 0.717) is 23.0 Å². The van der Waals surface area contributed by atoms with Crippen LogP contribution in [-0.4, -0.2) is 22.8 Å². The van der Waals surface area contributed by atoms with E-state index in [0.717, 1.165) is 5.56 Å². The molecule has 0 amide bonds. The molecule has 5 heteroatoms. The molecule has 0 unspecified atom stereocenters. The van der Waals surface area contributed by atoms with Crippen LogP contribution < -0.4 is 5.56 Å². The van der Waals surface area contributed by atoms with Crippen LogP contribution in [0.3, 0.4) is 0 Å². The molecule has 0 saturated heterocycles. The summed E-state index contributed by atoms with van der Waals surface area (Å²) in [5.41, 5.74) is 1.71. The Hall–Kier alpha value is -3.08. The fraction of sp³-hybridized carbons (Fsp3) is 0.111. The zero-order valence-electron chi connectivity index (χ0n) is 12.5. The van der Waals surface area contributed by atoms with Crippen molar-refractivity contribution in [2.45, 2.75) is 6.54 Å². The number of para-hydroxylation sites is 1. The number of hydrogen-bond donors (Lipinski definition) is 1. The van der Waals surface area contributed by atoms with Gasteiger partial charge in [-0.2, -0.15) is 0 Å². The summed E-state index contributed by atoms with van der Waals surface area (Å²) in [6, 6.07) is 15.3. The molecule has 0 saturated carbocycles. The molecule has 23 heavy (non-hydrogen) atoms. The quantitative estimate of drug-likeness (QED) is 0.755. The van der Waals surface area contributed by atoms with Crippen molar-refractivity contribution in [3.05, 3.63) is 76.1 Å². The first-order chi connectivity index (χ1) is 11.1. The number of fused-ring (bicyclic) bond motifs is 1. The Kier molecular flexibility index (Phi) is 3.85. The van der Waals surface area contributed by atoms with Crippen molar-refractivity contribution < 1.29 is 14.6 Å². The number of carbonyl (C=O) groups is 1. The van der Waals surface area contributed by atoms with E-state index >= 15 is 0 Å². The van der Waals surface area contributed by atoms with Crippen molar-refractivity contribution in [2.75, 3.05) is 7.11 Å². The molecule has 0 atom stereocenters. The molecule has 0 aliphatic rings. The van der Waals surface area contributed by atoms with E-state index in [4.69, 9.17) is 0 Å². The lowest BCUT2D eigenvalue weighted by atomic mass is 10.1. The van der Waals surface area contributed by atoms with Crippen LogP contribution in [0.15, 0.2) is 59.4 Å². The molecule has 5 nitrogen and oxygen atoms in total. The van der Waals surface area contributed by atoms with Crippen LogP contribution in [0.25, 0.3) is 10.9 Å². The number of benzene rings is 2. The molecule has 1 aromatic heterocycles. The SMILES string of the molecule is COC(=O)c1ccc(Cn2c(=O)cc(O)c3ccccc32)cc1. The average Bonchev–Trinajstić information content (AvgIpc) is 2.58. The molecule has 1 N–H and O–H groups in total. The molecular formula is C18H15NO4.